The van der Waals surface area contributed by atoms with Gasteiger partial charge in [0, 0.05) is 6.92 Å². The Bertz CT molecular complexity index is 906. The van der Waals surface area contributed by atoms with Crippen molar-refractivity contribution >= 4 is 17.9 Å². The number of aliphatic carboxylic acids is 1. The van der Waals surface area contributed by atoms with Crippen LogP contribution in [0.4, 0.5) is 0 Å². The maximum Gasteiger partial charge on any atom is 0.320 e. The van der Waals surface area contributed by atoms with E-state index >= 15 is 0 Å². The fourth-order valence-corrected chi connectivity index (χ4v) is 9.88. The number of ether oxygens (including phenoxy) is 2. The van der Waals surface area contributed by atoms with Crippen molar-refractivity contribution in [2.45, 2.75) is 131 Å². The minimum atomic E-state index is -1.09. The Morgan fingerprint density at radius 1 is 0.921 bits per heavy atom. The maximum atomic E-state index is 12.6. The van der Waals surface area contributed by atoms with E-state index in [9.17, 15) is 19.5 Å². The molecule has 4 saturated carbocycles. The van der Waals surface area contributed by atoms with Crippen LogP contribution in [0, 0.1) is 52.3 Å². The van der Waals surface area contributed by atoms with E-state index in [4.69, 9.17) is 9.47 Å². The van der Waals surface area contributed by atoms with E-state index in [0.29, 0.717) is 35.0 Å². The lowest BCUT2D eigenvalue weighted by atomic mass is 9.44. The molecule has 4 aliphatic rings. The monoisotopic (exact) mass is 532 g/mol. The van der Waals surface area contributed by atoms with Crippen LogP contribution in [0.1, 0.15) is 119 Å². The molecule has 38 heavy (non-hydrogen) atoms. The Balaban J connectivity index is 1.40. The summed E-state index contributed by atoms with van der Waals surface area (Å²) >= 11 is 0. The SMILES string of the molecule is CC(=O)O[C@@H]1CC[C@@]2(C)C(CCC3C2CC[C@@]2(C)C3CCC2[C@H](C)CCC(C(=O)O)C(=O)OC(C)(C)C)C1. The molecule has 6 nitrogen and oxygen atoms in total. The molecule has 216 valence electrons. The van der Waals surface area contributed by atoms with E-state index in [0.717, 1.165) is 37.0 Å². The van der Waals surface area contributed by atoms with E-state index in [-0.39, 0.29) is 12.1 Å². The van der Waals surface area contributed by atoms with Crippen LogP contribution < -0.4 is 0 Å². The third-order valence-corrected chi connectivity index (χ3v) is 11.6. The molecule has 0 heterocycles. The first-order valence-electron chi connectivity index (χ1n) is 15.3. The summed E-state index contributed by atoms with van der Waals surface area (Å²) in [6.07, 6.45) is 11.9. The molecule has 6 unspecified atom stereocenters. The summed E-state index contributed by atoms with van der Waals surface area (Å²) in [6.45, 7) is 14.2. The highest BCUT2D eigenvalue weighted by atomic mass is 16.6. The maximum absolute atomic E-state index is 12.6. The van der Waals surface area contributed by atoms with Gasteiger partial charge in [-0.15, -0.1) is 0 Å². The molecular weight excluding hydrogens is 480 g/mol. The third kappa shape index (κ3) is 5.66. The highest BCUT2D eigenvalue weighted by Crippen LogP contribution is 2.68. The molecule has 4 aliphatic carbocycles. The van der Waals surface area contributed by atoms with Crippen LogP contribution in [-0.4, -0.2) is 34.7 Å². The molecule has 4 fully saturated rings. The van der Waals surface area contributed by atoms with Gasteiger partial charge in [0.25, 0.3) is 0 Å². The first-order chi connectivity index (χ1) is 17.7. The highest BCUT2D eigenvalue weighted by Gasteiger charge is 2.60. The second-order valence-corrected chi connectivity index (χ2v) is 14.9. The zero-order chi connectivity index (χ0) is 28.0. The molecule has 0 aliphatic heterocycles. The van der Waals surface area contributed by atoms with E-state index in [1.54, 1.807) is 20.8 Å². The smallest absolute Gasteiger partial charge is 0.320 e. The van der Waals surface area contributed by atoms with Gasteiger partial charge in [-0.25, -0.2) is 0 Å². The summed E-state index contributed by atoms with van der Waals surface area (Å²) in [5.41, 5.74) is -0.0351. The second kappa shape index (κ2) is 10.8. The zero-order valence-electron chi connectivity index (χ0n) is 24.9. The van der Waals surface area contributed by atoms with Gasteiger partial charge in [-0.05, 0) is 138 Å². The number of hydrogen-bond acceptors (Lipinski definition) is 5. The minimum absolute atomic E-state index is 0.100. The lowest BCUT2D eigenvalue weighted by Crippen LogP contribution is -2.54. The van der Waals surface area contributed by atoms with Gasteiger partial charge in [-0.2, -0.15) is 0 Å². The summed E-state index contributed by atoms with van der Waals surface area (Å²) in [7, 11) is 0. The van der Waals surface area contributed by atoms with Gasteiger partial charge in [0.05, 0.1) is 0 Å². The van der Waals surface area contributed by atoms with Crippen LogP contribution in [0.15, 0.2) is 0 Å². The normalized spacial score (nSPS) is 40.2. The largest absolute Gasteiger partial charge is 0.481 e. The van der Waals surface area contributed by atoms with Gasteiger partial charge in [0.1, 0.15) is 11.7 Å². The molecule has 4 rings (SSSR count). The van der Waals surface area contributed by atoms with E-state index in [2.05, 4.69) is 20.8 Å². The molecule has 0 saturated heterocycles. The first kappa shape index (κ1) is 29.4. The lowest BCUT2D eigenvalue weighted by Gasteiger charge is -2.61. The van der Waals surface area contributed by atoms with Crippen LogP contribution in [0.25, 0.3) is 0 Å². The number of hydrogen-bond donors (Lipinski definition) is 1. The van der Waals surface area contributed by atoms with E-state index < -0.39 is 23.5 Å². The van der Waals surface area contributed by atoms with Gasteiger partial charge < -0.3 is 14.6 Å². The average Bonchev–Trinajstić information content (AvgIpc) is 3.15. The van der Waals surface area contributed by atoms with Gasteiger partial charge in [0.15, 0.2) is 5.92 Å². The van der Waals surface area contributed by atoms with Crippen molar-refractivity contribution in [2.24, 2.45) is 52.3 Å². The van der Waals surface area contributed by atoms with Crippen molar-refractivity contribution in [3.05, 3.63) is 0 Å². The molecule has 0 bridgehead atoms. The molecule has 0 amide bonds. The van der Waals surface area contributed by atoms with Crippen LogP contribution >= 0.6 is 0 Å². The predicted octanol–water partition coefficient (Wildman–Crippen LogP) is 7.04. The summed E-state index contributed by atoms with van der Waals surface area (Å²) in [4.78, 5) is 36.0. The van der Waals surface area contributed by atoms with Gasteiger partial charge in [0.2, 0.25) is 0 Å². The summed E-state index contributed by atoms with van der Waals surface area (Å²) in [6, 6.07) is 0. The Morgan fingerprint density at radius 3 is 2.21 bits per heavy atom. The van der Waals surface area contributed by atoms with Gasteiger partial charge in [-0.1, -0.05) is 20.8 Å². The van der Waals surface area contributed by atoms with Crippen molar-refractivity contribution in [2.75, 3.05) is 0 Å². The number of carboxylic acid groups (broad SMARTS) is 1. The van der Waals surface area contributed by atoms with Crippen LogP contribution in [0.5, 0.6) is 0 Å². The number of esters is 2. The summed E-state index contributed by atoms with van der Waals surface area (Å²) in [5.74, 6) is 0.965. The molecule has 6 heteroatoms. The summed E-state index contributed by atoms with van der Waals surface area (Å²) < 4.78 is 11.1. The molecule has 1 N–H and O–H groups in total. The quantitative estimate of drug-likeness (QED) is 0.279. The fourth-order valence-electron chi connectivity index (χ4n) is 9.88. The third-order valence-electron chi connectivity index (χ3n) is 11.6. The van der Waals surface area contributed by atoms with Crippen molar-refractivity contribution in [1.29, 1.82) is 0 Å². The minimum Gasteiger partial charge on any atom is -0.481 e. The lowest BCUT2D eigenvalue weighted by molar-refractivity contribution is -0.167. The van der Waals surface area contributed by atoms with Crippen LogP contribution in [-0.2, 0) is 23.9 Å². The van der Waals surface area contributed by atoms with Crippen molar-refractivity contribution in [3.63, 3.8) is 0 Å². The van der Waals surface area contributed by atoms with E-state index in [1.165, 1.54) is 51.9 Å². The number of carbonyl (C=O) groups excluding carboxylic acids is 2. The topological polar surface area (TPSA) is 89.9 Å². The van der Waals surface area contributed by atoms with E-state index in [1.807, 2.05) is 0 Å². The molecule has 0 aromatic rings. The van der Waals surface area contributed by atoms with Gasteiger partial charge in [-0.3, -0.25) is 14.4 Å². The van der Waals surface area contributed by atoms with Crippen LogP contribution in [0.2, 0.25) is 0 Å². The molecule has 0 aromatic heterocycles. The Kier molecular flexibility index (Phi) is 8.33. The van der Waals surface area contributed by atoms with Crippen molar-refractivity contribution in [1.82, 2.24) is 0 Å². The number of fused-ring (bicyclic) bond motifs is 5. The van der Waals surface area contributed by atoms with Gasteiger partial charge >= 0.3 is 17.9 Å². The molecule has 0 spiro atoms. The Labute approximate surface area is 230 Å². The number of rotatable bonds is 7. The summed E-state index contributed by atoms with van der Waals surface area (Å²) in [5, 5.41) is 9.74. The van der Waals surface area contributed by atoms with Crippen molar-refractivity contribution in [3.8, 4) is 0 Å². The number of carboxylic acids is 1. The Morgan fingerprint density at radius 2 is 1.58 bits per heavy atom. The van der Waals surface area contributed by atoms with Crippen molar-refractivity contribution < 1.29 is 29.0 Å². The van der Waals surface area contributed by atoms with Crippen LogP contribution in [0.3, 0.4) is 0 Å². The fraction of sp³-hybridized carbons (Fsp3) is 0.906. The first-order valence-corrected chi connectivity index (χ1v) is 15.3. The number of carbonyl (C=O) groups is 3. The Hall–Kier alpha value is -1.59. The predicted molar refractivity (Wildman–Crippen MR) is 146 cm³/mol. The molecule has 0 aromatic carbocycles. The standard InChI is InChI=1S/C32H52O6/c1-19(8-10-24(28(34)35)29(36)38-30(3,4)5)25-12-13-26-23-11-9-21-18-22(37-20(2)33)14-16-31(21,6)27(23)15-17-32(25,26)7/h19,21-27H,8-18H2,1-7H3,(H,34,35)/t19-,21?,22-,23?,24?,25?,26?,27?,31+,32-/m1/s1. The molecule has 10 atom stereocenters. The highest BCUT2D eigenvalue weighted by molar-refractivity contribution is 5.94. The molecule has 0 radical (unpaired) electrons. The molecular formula is C32H52O6. The zero-order valence-corrected chi connectivity index (χ0v) is 24.9. The second-order valence-electron chi connectivity index (χ2n) is 14.9. The average molecular weight is 533 g/mol.